The minimum absolute atomic E-state index is 0.297. The summed E-state index contributed by atoms with van der Waals surface area (Å²) in [6.07, 6.45) is 7.88. The number of hydrogen-bond donors (Lipinski definition) is 2. The smallest absolute Gasteiger partial charge is 0.0673 e. The zero-order chi connectivity index (χ0) is 12.3. The van der Waals surface area contributed by atoms with E-state index in [-0.39, 0.29) is 0 Å². The minimum atomic E-state index is -0.458. The van der Waals surface area contributed by atoms with Crippen LogP contribution in [0.1, 0.15) is 58.8 Å². The Morgan fingerprint density at radius 2 is 1.94 bits per heavy atom. The molecule has 2 rings (SSSR count). The van der Waals surface area contributed by atoms with Crippen molar-refractivity contribution < 1.29 is 9.84 Å². The molecular formula is C14H27NO2. The molecule has 1 saturated heterocycles. The summed E-state index contributed by atoms with van der Waals surface area (Å²) in [6, 6.07) is 0.615. The van der Waals surface area contributed by atoms with Crippen LogP contribution in [0.2, 0.25) is 0 Å². The van der Waals surface area contributed by atoms with E-state index in [2.05, 4.69) is 19.2 Å². The van der Waals surface area contributed by atoms with E-state index in [0.29, 0.717) is 18.2 Å². The first-order valence-electron chi connectivity index (χ1n) is 7.22. The second kappa shape index (κ2) is 5.68. The van der Waals surface area contributed by atoms with Gasteiger partial charge in [-0.15, -0.1) is 0 Å². The van der Waals surface area contributed by atoms with Gasteiger partial charge in [0.2, 0.25) is 0 Å². The Morgan fingerprint density at radius 1 is 1.24 bits per heavy atom. The fourth-order valence-corrected chi connectivity index (χ4v) is 3.31. The van der Waals surface area contributed by atoms with Gasteiger partial charge in [-0.1, -0.05) is 6.92 Å². The van der Waals surface area contributed by atoms with E-state index in [1.807, 2.05) is 0 Å². The highest BCUT2D eigenvalue weighted by atomic mass is 16.5. The molecule has 0 amide bonds. The highest BCUT2D eigenvalue weighted by Gasteiger charge is 2.37. The number of aliphatic hydroxyl groups is 1. The van der Waals surface area contributed by atoms with E-state index in [1.54, 1.807) is 0 Å². The zero-order valence-corrected chi connectivity index (χ0v) is 11.2. The van der Waals surface area contributed by atoms with Crippen molar-refractivity contribution in [2.75, 3.05) is 6.54 Å². The van der Waals surface area contributed by atoms with Crippen molar-refractivity contribution in [1.82, 2.24) is 5.32 Å². The SMILES string of the molecule is CCNC1CCC(O)(CC2CCC(C)O2)CC1. The Labute approximate surface area is 105 Å². The molecule has 0 spiro atoms. The van der Waals surface area contributed by atoms with Crippen LogP contribution in [0.3, 0.4) is 0 Å². The Hall–Kier alpha value is -0.120. The summed E-state index contributed by atoms with van der Waals surface area (Å²) in [4.78, 5) is 0. The minimum Gasteiger partial charge on any atom is -0.390 e. The fraction of sp³-hybridized carbons (Fsp3) is 1.00. The zero-order valence-electron chi connectivity index (χ0n) is 11.2. The molecule has 100 valence electrons. The molecule has 0 radical (unpaired) electrons. The highest BCUT2D eigenvalue weighted by molar-refractivity contribution is 4.91. The molecule has 0 bridgehead atoms. The third-order valence-corrected chi connectivity index (χ3v) is 4.34. The first kappa shape index (κ1) is 13.3. The molecule has 0 aromatic carbocycles. The number of hydrogen-bond acceptors (Lipinski definition) is 3. The van der Waals surface area contributed by atoms with Gasteiger partial charge in [0.1, 0.15) is 0 Å². The van der Waals surface area contributed by atoms with Crippen molar-refractivity contribution >= 4 is 0 Å². The van der Waals surface area contributed by atoms with Gasteiger partial charge in [-0.3, -0.25) is 0 Å². The molecule has 0 aromatic heterocycles. The van der Waals surface area contributed by atoms with Gasteiger partial charge in [0.25, 0.3) is 0 Å². The summed E-state index contributed by atoms with van der Waals surface area (Å²) in [5.74, 6) is 0. The Bertz CT molecular complexity index is 236. The van der Waals surface area contributed by atoms with Crippen LogP contribution in [0.25, 0.3) is 0 Å². The molecule has 1 aliphatic carbocycles. The van der Waals surface area contributed by atoms with Crippen LogP contribution in [0, 0.1) is 0 Å². The average Bonchev–Trinajstić information content (AvgIpc) is 2.68. The molecule has 2 atom stereocenters. The van der Waals surface area contributed by atoms with Gasteiger partial charge >= 0.3 is 0 Å². The topological polar surface area (TPSA) is 41.5 Å². The first-order valence-corrected chi connectivity index (χ1v) is 7.22. The van der Waals surface area contributed by atoms with E-state index in [0.717, 1.165) is 51.5 Å². The molecule has 2 unspecified atom stereocenters. The standard InChI is InChI=1S/C14H27NO2/c1-3-15-12-6-8-14(16,9-7-12)10-13-5-4-11(2)17-13/h11-13,15-16H,3-10H2,1-2H3. The second-order valence-corrected chi connectivity index (χ2v) is 5.91. The summed E-state index contributed by atoms with van der Waals surface area (Å²) in [6.45, 7) is 5.31. The normalized spacial score (nSPS) is 42.9. The number of ether oxygens (including phenoxy) is 1. The lowest BCUT2D eigenvalue weighted by Crippen LogP contribution is -2.43. The van der Waals surface area contributed by atoms with Gasteiger partial charge in [-0.25, -0.2) is 0 Å². The van der Waals surface area contributed by atoms with Crippen molar-refractivity contribution in [3.05, 3.63) is 0 Å². The maximum atomic E-state index is 10.6. The van der Waals surface area contributed by atoms with Crippen LogP contribution in [0.5, 0.6) is 0 Å². The lowest BCUT2D eigenvalue weighted by molar-refractivity contribution is -0.0576. The summed E-state index contributed by atoms with van der Waals surface area (Å²) in [5.41, 5.74) is -0.458. The maximum absolute atomic E-state index is 10.6. The van der Waals surface area contributed by atoms with Gasteiger partial charge in [-0.05, 0) is 52.0 Å². The van der Waals surface area contributed by atoms with Crippen molar-refractivity contribution in [1.29, 1.82) is 0 Å². The van der Waals surface area contributed by atoms with Crippen molar-refractivity contribution in [3.63, 3.8) is 0 Å². The largest absolute Gasteiger partial charge is 0.390 e. The van der Waals surface area contributed by atoms with Gasteiger partial charge < -0.3 is 15.2 Å². The molecule has 2 aliphatic rings. The van der Waals surface area contributed by atoms with Crippen LogP contribution in [0.4, 0.5) is 0 Å². The Balaban J connectivity index is 1.77. The molecule has 1 aliphatic heterocycles. The van der Waals surface area contributed by atoms with Gasteiger partial charge in [-0.2, -0.15) is 0 Å². The molecule has 0 aromatic rings. The molecular weight excluding hydrogens is 214 g/mol. The number of rotatable bonds is 4. The second-order valence-electron chi connectivity index (χ2n) is 5.91. The van der Waals surface area contributed by atoms with Crippen LogP contribution < -0.4 is 5.32 Å². The Kier molecular flexibility index (Phi) is 4.45. The summed E-state index contributed by atoms with van der Waals surface area (Å²) >= 11 is 0. The van der Waals surface area contributed by atoms with E-state index >= 15 is 0 Å². The van der Waals surface area contributed by atoms with Crippen LogP contribution in [-0.2, 0) is 4.74 Å². The quantitative estimate of drug-likeness (QED) is 0.793. The van der Waals surface area contributed by atoms with Crippen molar-refractivity contribution in [3.8, 4) is 0 Å². The first-order chi connectivity index (χ1) is 8.11. The maximum Gasteiger partial charge on any atom is 0.0673 e. The molecule has 1 saturated carbocycles. The van der Waals surface area contributed by atoms with Gasteiger partial charge in [0, 0.05) is 12.5 Å². The van der Waals surface area contributed by atoms with Crippen molar-refractivity contribution in [2.45, 2.75) is 82.6 Å². The summed E-state index contributed by atoms with van der Waals surface area (Å²) < 4.78 is 5.83. The predicted octanol–water partition coefficient (Wildman–Crippen LogP) is 2.23. The van der Waals surface area contributed by atoms with E-state index in [1.165, 1.54) is 0 Å². The molecule has 3 nitrogen and oxygen atoms in total. The van der Waals surface area contributed by atoms with Crippen LogP contribution in [0.15, 0.2) is 0 Å². The van der Waals surface area contributed by atoms with Crippen LogP contribution in [-0.4, -0.2) is 35.5 Å². The molecule has 17 heavy (non-hydrogen) atoms. The fourth-order valence-electron chi connectivity index (χ4n) is 3.31. The monoisotopic (exact) mass is 241 g/mol. The molecule has 2 N–H and O–H groups in total. The van der Waals surface area contributed by atoms with E-state index < -0.39 is 5.60 Å². The highest BCUT2D eigenvalue weighted by Crippen LogP contribution is 2.35. The Morgan fingerprint density at radius 3 is 2.47 bits per heavy atom. The van der Waals surface area contributed by atoms with Crippen molar-refractivity contribution in [2.24, 2.45) is 0 Å². The van der Waals surface area contributed by atoms with Crippen LogP contribution >= 0.6 is 0 Å². The molecule has 3 heteroatoms. The summed E-state index contributed by atoms with van der Waals surface area (Å²) in [5, 5.41) is 14.1. The van der Waals surface area contributed by atoms with E-state index in [9.17, 15) is 5.11 Å². The third kappa shape index (κ3) is 3.67. The van der Waals surface area contributed by atoms with Gasteiger partial charge in [0.05, 0.1) is 17.8 Å². The third-order valence-electron chi connectivity index (χ3n) is 4.34. The lowest BCUT2D eigenvalue weighted by Gasteiger charge is -2.37. The molecule has 1 heterocycles. The van der Waals surface area contributed by atoms with Gasteiger partial charge in [0.15, 0.2) is 0 Å². The molecule has 2 fully saturated rings. The lowest BCUT2D eigenvalue weighted by atomic mass is 9.78. The summed E-state index contributed by atoms with van der Waals surface area (Å²) in [7, 11) is 0. The number of nitrogens with one attached hydrogen (secondary N) is 1. The predicted molar refractivity (Wildman–Crippen MR) is 69.1 cm³/mol. The average molecular weight is 241 g/mol. The van der Waals surface area contributed by atoms with E-state index in [4.69, 9.17) is 4.74 Å².